The molecule has 1 N–H and O–H groups in total. The van der Waals surface area contributed by atoms with Crippen molar-refractivity contribution in [2.24, 2.45) is 5.92 Å². The molecule has 96 valence electrons. The summed E-state index contributed by atoms with van der Waals surface area (Å²) in [7, 11) is 1.65. The summed E-state index contributed by atoms with van der Waals surface area (Å²) in [6.45, 7) is 7.37. The van der Waals surface area contributed by atoms with Crippen LogP contribution in [0.5, 0.6) is 5.88 Å². The Labute approximate surface area is 103 Å². The minimum atomic E-state index is 0.536. The van der Waals surface area contributed by atoms with Crippen LogP contribution >= 0.6 is 0 Å². The SMILES string of the molecule is COCCOc1ccc(CNCC(C)C)cn1. The normalized spacial score (nSPS) is 10.8. The third kappa shape index (κ3) is 6.24. The first-order valence-electron chi connectivity index (χ1n) is 5.99. The van der Waals surface area contributed by atoms with Crippen LogP contribution in [0.4, 0.5) is 0 Å². The summed E-state index contributed by atoms with van der Waals surface area (Å²) in [5.41, 5.74) is 1.17. The Hall–Kier alpha value is -1.13. The molecule has 0 aromatic carbocycles. The molecule has 0 bridgehead atoms. The summed E-state index contributed by atoms with van der Waals surface area (Å²) in [5.74, 6) is 1.31. The van der Waals surface area contributed by atoms with Crippen molar-refractivity contribution in [1.82, 2.24) is 10.3 Å². The molecule has 1 heterocycles. The van der Waals surface area contributed by atoms with Crippen LogP contribution in [0.1, 0.15) is 19.4 Å². The molecule has 1 aromatic rings. The maximum Gasteiger partial charge on any atom is 0.213 e. The predicted molar refractivity (Wildman–Crippen MR) is 68.2 cm³/mol. The van der Waals surface area contributed by atoms with Gasteiger partial charge in [-0.3, -0.25) is 0 Å². The van der Waals surface area contributed by atoms with E-state index in [0.717, 1.165) is 13.1 Å². The number of hydrogen-bond acceptors (Lipinski definition) is 4. The van der Waals surface area contributed by atoms with Crippen molar-refractivity contribution in [2.75, 3.05) is 26.9 Å². The van der Waals surface area contributed by atoms with Gasteiger partial charge in [0.25, 0.3) is 0 Å². The largest absolute Gasteiger partial charge is 0.475 e. The molecule has 4 heteroatoms. The van der Waals surface area contributed by atoms with Gasteiger partial charge in [-0.2, -0.15) is 0 Å². The molecule has 0 aliphatic carbocycles. The summed E-state index contributed by atoms with van der Waals surface area (Å²) >= 11 is 0. The van der Waals surface area contributed by atoms with Crippen LogP contribution in [0.25, 0.3) is 0 Å². The van der Waals surface area contributed by atoms with Crippen molar-refractivity contribution in [3.05, 3.63) is 23.9 Å². The first-order valence-corrected chi connectivity index (χ1v) is 5.99. The van der Waals surface area contributed by atoms with Gasteiger partial charge in [-0.15, -0.1) is 0 Å². The van der Waals surface area contributed by atoms with Gasteiger partial charge in [0, 0.05) is 25.9 Å². The molecule has 0 fully saturated rings. The lowest BCUT2D eigenvalue weighted by molar-refractivity contribution is 0.143. The Balaban J connectivity index is 2.29. The van der Waals surface area contributed by atoms with E-state index in [1.807, 2.05) is 18.3 Å². The molecule has 0 amide bonds. The molecule has 0 aliphatic heterocycles. The van der Waals surface area contributed by atoms with Gasteiger partial charge in [0.2, 0.25) is 5.88 Å². The summed E-state index contributed by atoms with van der Waals surface area (Å²) < 4.78 is 10.3. The lowest BCUT2D eigenvalue weighted by Gasteiger charge is -2.08. The van der Waals surface area contributed by atoms with Crippen molar-refractivity contribution in [2.45, 2.75) is 20.4 Å². The van der Waals surface area contributed by atoms with E-state index in [1.165, 1.54) is 5.56 Å². The molecule has 4 nitrogen and oxygen atoms in total. The third-order valence-electron chi connectivity index (χ3n) is 2.22. The smallest absolute Gasteiger partial charge is 0.213 e. The first-order chi connectivity index (χ1) is 8.22. The molecule has 0 unspecified atom stereocenters. The highest BCUT2D eigenvalue weighted by atomic mass is 16.5. The van der Waals surface area contributed by atoms with Crippen molar-refractivity contribution < 1.29 is 9.47 Å². The number of methoxy groups -OCH3 is 1. The molecule has 0 saturated heterocycles. The van der Waals surface area contributed by atoms with Crippen LogP contribution in [0.2, 0.25) is 0 Å². The number of hydrogen-bond donors (Lipinski definition) is 1. The van der Waals surface area contributed by atoms with Crippen LogP contribution in [-0.2, 0) is 11.3 Å². The van der Waals surface area contributed by atoms with Crippen LogP contribution in [0, 0.1) is 5.92 Å². The van der Waals surface area contributed by atoms with E-state index in [1.54, 1.807) is 7.11 Å². The molecule has 1 aromatic heterocycles. The number of aromatic nitrogens is 1. The summed E-state index contributed by atoms with van der Waals surface area (Å²) in [6.07, 6.45) is 1.84. The second kappa shape index (κ2) is 8.03. The molecule has 1 rings (SSSR count). The Morgan fingerprint density at radius 2 is 2.12 bits per heavy atom. The second-order valence-electron chi connectivity index (χ2n) is 4.37. The fraction of sp³-hybridized carbons (Fsp3) is 0.615. The van der Waals surface area contributed by atoms with Gasteiger partial charge in [-0.1, -0.05) is 19.9 Å². The van der Waals surface area contributed by atoms with Gasteiger partial charge in [-0.25, -0.2) is 4.98 Å². The Bertz CT molecular complexity index is 299. The number of rotatable bonds is 8. The van der Waals surface area contributed by atoms with Crippen molar-refractivity contribution in [1.29, 1.82) is 0 Å². The molecule has 0 radical (unpaired) electrons. The quantitative estimate of drug-likeness (QED) is 0.702. The predicted octanol–water partition coefficient (Wildman–Crippen LogP) is 1.85. The van der Waals surface area contributed by atoms with Gasteiger partial charge in [0.15, 0.2) is 0 Å². The zero-order valence-electron chi connectivity index (χ0n) is 10.9. The molecule has 0 saturated carbocycles. The van der Waals surface area contributed by atoms with Crippen molar-refractivity contribution in [3.63, 3.8) is 0 Å². The zero-order valence-corrected chi connectivity index (χ0v) is 10.9. The lowest BCUT2D eigenvalue weighted by Crippen LogP contribution is -2.19. The van der Waals surface area contributed by atoms with Crippen LogP contribution in [0.15, 0.2) is 18.3 Å². The minimum absolute atomic E-state index is 0.536. The Morgan fingerprint density at radius 3 is 2.71 bits per heavy atom. The van der Waals surface area contributed by atoms with E-state index in [9.17, 15) is 0 Å². The molecular weight excluding hydrogens is 216 g/mol. The highest BCUT2D eigenvalue weighted by Gasteiger charge is 1.98. The zero-order chi connectivity index (χ0) is 12.5. The van der Waals surface area contributed by atoms with Crippen molar-refractivity contribution in [3.8, 4) is 5.88 Å². The van der Waals surface area contributed by atoms with E-state index >= 15 is 0 Å². The minimum Gasteiger partial charge on any atom is -0.475 e. The summed E-state index contributed by atoms with van der Waals surface area (Å²) in [5, 5.41) is 3.37. The van der Waals surface area contributed by atoms with Crippen molar-refractivity contribution >= 4 is 0 Å². The van der Waals surface area contributed by atoms with Gasteiger partial charge in [0.1, 0.15) is 6.61 Å². The van der Waals surface area contributed by atoms with E-state index < -0.39 is 0 Å². The first kappa shape index (κ1) is 13.9. The third-order valence-corrected chi connectivity index (χ3v) is 2.22. The highest BCUT2D eigenvalue weighted by molar-refractivity contribution is 5.17. The molecule has 17 heavy (non-hydrogen) atoms. The monoisotopic (exact) mass is 238 g/mol. The van der Waals surface area contributed by atoms with E-state index in [-0.39, 0.29) is 0 Å². The van der Waals surface area contributed by atoms with Gasteiger partial charge < -0.3 is 14.8 Å². The van der Waals surface area contributed by atoms with E-state index in [2.05, 4.69) is 24.1 Å². The number of nitrogens with zero attached hydrogens (tertiary/aromatic N) is 1. The Kier molecular flexibility index (Phi) is 6.58. The van der Waals surface area contributed by atoms with E-state index in [4.69, 9.17) is 9.47 Å². The van der Waals surface area contributed by atoms with Gasteiger partial charge in [0.05, 0.1) is 6.61 Å². The topological polar surface area (TPSA) is 43.4 Å². The fourth-order valence-electron chi connectivity index (χ4n) is 1.34. The average Bonchev–Trinajstić information content (AvgIpc) is 2.31. The highest BCUT2D eigenvalue weighted by Crippen LogP contribution is 2.07. The Morgan fingerprint density at radius 1 is 1.29 bits per heavy atom. The van der Waals surface area contributed by atoms with Gasteiger partial charge in [-0.05, 0) is 18.0 Å². The summed E-state index contributed by atoms with van der Waals surface area (Å²) in [4.78, 5) is 4.23. The van der Waals surface area contributed by atoms with Crippen LogP contribution in [-0.4, -0.2) is 31.9 Å². The number of nitrogens with one attached hydrogen (secondary N) is 1. The van der Waals surface area contributed by atoms with Gasteiger partial charge >= 0.3 is 0 Å². The standard InChI is InChI=1S/C13H22N2O2/c1-11(2)8-14-9-12-4-5-13(15-10-12)17-7-6-16-3/h4-5,10-11,14H,6-9H2,1-3H3. The maximum absolute atomic E-state index is 5.39. The number of pyridine rings is 1. The average molecular weight is 238 g/mol. The van der Waals surface area contributed by atoms with Crippen LogP contribution in [0.3, 0.4) is 0 Å². The summed E-state index contributed by atoms with van der Waals surface area (Å²) in [6, 6.07) is 3.92. The number of ether oxygens (including phenoxy) is 2. The fourth-order valence-corrected chi connectivity index (χ4v) is 1.34. The van der Waals surface area contributed by atoms with Crippen LogP contribution < -0.4 is 10.1 Å². The van der Waals surface area contributed by atoms with E-state index in [0.29, 0.717) is 25.0 Å². The lowest BCUT2D eigenvalue weighted by atomic mass is 10.2. The molecule has 0 aliphatic rings. The molecule has 0 atom stereocenters. The molecule has 0 spiro atoms. The second-order valence-corrected chi connectivity index (χ2v) is 4.37. The maximum atomic E-state index is 5.39. The molecular formula is C13H22N2O2.